The smallest absolute Gasteiger partial charge is 0.266 e. The second kappa shape index (κ2) is 7.23. The van der Waals surface area contributed by atoms with E-state index in [9.17, 15) is 8.78 Å². The molecule has 0 spiro atoms. The number of aromatic nitrogens is 2. The number of amidine groups is 1. The highest BCUT2D eigenvalue weighted by Crippen LogP contribution is 2.34. The van der Waals surface area contributed by atoms with E-state index < -0.39 is 17.9 Å². The number of nitrogens with two attached hydrogens (primary N) is 1. The van der Waals surface area contributed by atoms with E-state index in [-0.39, 0.29) is 31.4 Å². The van der Waals surface area contributed by atoms with Gasteiger partial charge in [-0.25, -0.2) is 24.6 Å². The molecule has 0 aromatic carbocycles. The van der Waals surface area contributed by atoms with Crippen molar-refractivity contribution < 1.29 is 8.78 Å². The molecule has 28 heavy (non-hydrogen) atoms. The number of alkyl halides is 2. The first-order valence-electron chi connectivity index (χ1n) is 9.43. The van der Waals surface area contributed by atoms with Gasteiger partial charge in [-0.1, -0.05) is 20.8 Å². The highest BCUT2D eigenvalue weighted by Gasteiger charge is 2.40. The van der Waals surface area contributed by atoms with E-state index in [4.69, 9.17) is 16.7 Å². The Bertz CT molecular complexity index is 770. The van der Waals surface area contributed by atoms with Crippen LogP contribution in [0.1, 0.15) is 51.4 Å². The molecular weight excluding hydrogens is 366 g/mol. The van der Waals surface area contributed by atoms with E-state index in [1.165, 1.54) is 9.91 Å². The largest absolute Gasteiger partial charge is 0.362 e. The molecule has 0 unspecified atom stereocenters. The van der Waals surface area contributed by atoms with E-state index >= 15 is 0 Å². The molecule has 0 atom stereocenters. The molecule has 2 fully saturated rings. The molecule has 1 aliphatic heterocycles. The van der Waals surface area contributed by atoms with Crippen LogP contribution >= 0.6 is 0 Å². The third-order valence-electron chi connectivity index (χ3n) is 4.89. The van der Waals surface area contributed by atoms with Gasteiger partial charge in [0.05, 0.1) is 18.7 Å². The molecule has 1 aromatic heterocycles. The van der Waals surface area contributed by atoms with Crippen molar-refractivity contribution in [2.45, 2.75) is 57.4 Å². The van der Waals surface area contributed by atoms with Crippen LogP contribution in [0, 0.1) is 10.8 Å². The Morgan fingerprint density at radius 3 is 2.57 bits per heavy atom. The molecule has 10 heteroatoms. The minimum absolute atomic E-state index is 0.129. The Balaban J connectivity index is 1.92. The quantitative estimate of drug-likeness (QED) is 0.255. The van der Waals surface area contributed by atoms with E-state index in [1.807, 2.05) is 20.8 Å². The molecule has 1 saturated carbocycles. The molecule has 2 heterocycles. The first-order valence-corrected chi connectivity index (χ1v) is 9.43. The molecule has 1 aromatic rings. The Hall–Kier alpha value is -2.36. The molecule has 5 N–H and O–H groups in total. The van der Waals surface area contributed by atoms with Crippen molar-refractivity contribution in [2.24, 2.45) is 5.84 Å². The lowest BCUT2D eigenvalue weighted by Crippen LogP contribution is -2.42. The van der Waals surface area contributed by atoms with Gasteiger partial charge in [0.1, 0.15) is 23.3 Å². The Morgan fingerprint density at radius 1 is 1.39 bits per heavy atom. The summed E-state index contributed by atoms with van der Waals surface area (Å²) >= 11 is 0. The lowest BCUT2D eigenvalue weighted by molar-refractivity contribution is 0.0256. The monoisotopic (exact) mass is 394 g/mol. The van der Waals surface area contributed by atoms with Crippen LogP contribution in [-0.4, -0.2) is 58.6 Å². The summed E-state index contributed by atoms with van der Waals surface area (Å²) < 4.78 is 27.5. The van der Waals surface area contributed by atoms with Crippen LogP contribution in [0.25, 0.3) is 0 Å². The van der Waals surface area contributed by atoms with E-state index in [2.05, 4.69) is 15.3 Å². The fraction of sp³-hybridized carbons (Fsp3) is 0.667. The third-order valence-corrected chi connectivity index (χ3v) is 4.89. The lowest BCUT2D eigenvalue weighted by Gasteiger charge is -2.26. The van der Waals surface area contributed by atoms with Gasteiger partial charge in [-0.2, -0.15) is 0 Å². The normalized spacial score (nSPS) is 18.9. The van der Waals surface area contributed by atoms with Gasteiger partial charge in [-0.3, -0.25) is 10.4 Å². The number of nitrogens with one attached hydrogen (secondary N) is 3. The summed E-state index contributed by atoms with van der Waals surface area (Å²) in [4.78, 5) is 10.6. The summed E-state index contributed by atoms with van der Waals surface area (Å²) in [6, 6.07) is 0.203. The van der Waals surface area contributed by atoms with Gasteiger partial charge in [0, 0.05) is 30.6 Å². The predicted octanol–water partition coefficient (Wildman–Crippen LogP) is 2.34. The Kier molecular flexibility index (Phi) is 5.26. The van der Waals surface area contributed by atoms with E-state index in [1.54, 1.807) is 0 Å². The van der Waals surface area contributed by atoms with Crippen molar-refractivity contribution in [3.63, 3.8) is 0 Å². The fourth-order valence-electron chi connectivity index (χ4n) is 3.05. The molecule has 0 bridgehead atoms. The van der Waals surface area contributed by atoms with Gasteiger partial charge in [0.2, 0.25) is 0 Å². The number of anilines is 2. The average molecular weight is 394 g/mol. The lowest BCUT2D eigenvalue weighted by atomic mass is 9.95. The summed E-state index contributed by atoms with van der Waals surface area (Å²) in [6.45, 7) is 5.69. The van der Waals surface area contributed by atoms with E-state index in [0.29, 0.717) is 23.0 Å². The van der Waals surface area contributed by atoms with Gasteiger partial charge in [0.25, 0.3) is 5.92 Å². The standard InChI is InChI=1S/C18H28F2N8/c1-17(2,3)16-25-14(24-9-13(22)28(23)11-4-5-11)12(8-21)15(26-16)27-7-6-18(19,20)10-27/h8,11,21-22H,4-7,9-10,23H2,1-3H3,(H,24,25,26). The van der Waals surface area contributed by atoms with Gasteiger partial charge >= 0.3 is 0 Å². The minimum Gasteiger partial charge on any atom is -0.362 e. The number of halogens is 2. The van der Waals surface area contributed by atoms with Gasteiger partial charge < -0.3 is 15.6 Å². The maximum absolute atomic E-state index is 13.8. The maximum Gasteiger partial charge on any atom is 0.266 e. The molecule has 2 aliphatic rings. The number of hydrogen-bond acceptors (Lipinski definition) is 7. The molecule has 0 amide bonds. The zero-order valence-corrected chi connectivity index (χ0v) is 16.5. The van der Waals surface area contributed by atoms with Crippen molar-refractivity contribution in [1.82, 2.24) is 15.0 Å². The molecule has 1 saturated heterocycles. The van der Waals surface area contributed by atoms with Crippen molar-refractivity contribution in [3.05, 3.63) is 11.4 Å². The molecule has 8 nitrogen and oxygen atoms in total. The fourth-order valence-corrected chi connectivity index (χ4v) is 3.05. The van der Waals surface area contributed by atoms with Crippen LogP contribution in [0.2, 0.25) is 0 Å². The first-order chi connectivity index (χ1) is 13.0. The SMILES string of the molecule is CC(C)(C)c1nc(NCC(=N)N(N)C2CC2)c(C=N)c(N2CCC(F)(F)C2)n1. The summed E-state index contributed by atoms with van der Waals surface area (Å²) in [5, 5.41) is 20.4. The first kappa shape index (κ1) is 20.4. The highest BCUT2D eigenvalue weighted by atomic mass is 19.3. The number of hydrazine groups is 1. The number of hydrogen-bond donors (Lipinski definition) is 4. The van der Waals surface area contributed by atoms with Crippen LogP contribution in [0.15, 0.2) is 0 Å². The van der Waals surface area contributed by atoms with Crippen LogP contribution in [0.5, 0.6) is 0 Å². The highest BCUT2D eigenvalue weighted by molar-refractivity contribution is 5.92. The van der Waals surface area contributed by atoms with Crippen molar-refractivity contribution in [2.75, 3.05) is 29.9 Å². The molecule has 1 aliphatic carbocycles. The second-order valence-electron chi connectivity index (χ2n) is 8.49. The zero-order valence-electron chi connectivity index (χ0n) is 16.5. The zero-order chi connectivity index (χ0) is 20.7. The molecule has 0 radical (unpaired) electrons. The molecular formula is C18H28F2N8. The van der Waals surface area contributed by atoms with Crippen LogP contribution in [-0.2, 0) is 5.41 Å². The summed E-state index contributed by atoms with van der Waals surface area (Å²) in [7, 11) is 0. The Morgan fingerprint density at radius 2 is 2.07 bits per heavy atom. The Labute approximate surface area is 163 Å². The van der Waals surface area contributed by atoms with Crippen LogP contribution in [0.4, 0.5) is 20.4 Å². The second-order valence-corrected chi connectivity index (χ2v) is 8.49. The predicted molar refractivity (Wildman–Crippen MR) is 106 cm³/mol. The summed E-state index contributed by atoms with van der Waals surface area (Å²) in [5.41, 5.74) is -0.0661. The van der Waals surface area contributed by atoms with Crippen molar-refractivity contribution in [3.8, 4) is 0 Å². The maximum atomic E-state index is 13.8. The minimum atomic E-state index is -2.77. The third kappa shape index (κ3) is 4.37. The molecule has 154 valence electrons. The van der Waals surface area contributed by atoms with Gasteiger partial charge in [-0.05, 0) is 12.8 Å². The topological polar surface area (TPSA) is 118 Å². The summed E-state index contributed by atoms with van der Waals surface area (Å²) in [5.74, 6) is 4.53. The van der Waals surface area contributed by atoms with Gasteiger partial charge in [0.15, 0.2) is 0 Å². The average Bonchev–Trinajstić information content (AvgIpc) is 3.40. The van der Waals surface area contributed by atoms with Gasteiger partial charge in [-0.15, -0.1) is 0 Å². The van der Waals surface area contributed by atoms with E-state index in [0.717, 1.165) is 19.1 Å². The van der Waals surface area contributed by atoms with Crippen LogP contribution in [0.3, 0.4) is 0 Å². The van der Waals surface area contributed by atoms with Crippen LogP contribution < -0.4 is 16.1 Å². The van der Waals surface area contributed by atoms with Crippen molar-refractivity contribution in [1.29, 1.82) is 10.8 Å². The summed E-state index contributed by atoms with van der Waals surface area (Å²) in [6.07, 6.45) is 2.78. The molecule has 3 rings (SSSR count). The number of rotatable bonds is 6. The number of nitrogens with zero attached hydrogens (tertiary/aromatic N) is 4. The van der Waals surface area contributed by atoms with Crippen molar-refractivity contribution >= 4 is 23.7 Å².